The molecule has 4 heterocycles. The van der Waals surface area contributed by atoms with Crippen LogP contribution in [0.4, 0.5) is 5.82 Å². The number of piperidine rings is 2. The van der Waals surface area contributed by atoms with Crippen molar-refractivity contribution in [1.82, 2.24) is 14.5 Å². The predicted molar refractivity (Wildman–Crippen MR) is 151 cm³/mol. The van der Waals surface area contributed by atoms with Gasteiger partial charge in [0.25, 0.3) is 5.56 Å². The highest BCUT2D eigenvalue weighted by Gasteiger charge is 2.44. The van der Waals surface area contributed by atoms with Crippen molar-refractivity contribution in [2.75, 3.05) is 25.1 Å². The molecule has 2 bridgehead atoms. The molecule has 0 N–H and O–H groups in total. The smallest absolute Gasteiger partial charge is 0.305 e. The molecule has 2 aromatic rings. The van der Waals surface area contributed by atoms with Crippen molar-refractivity contribution in [2.45, 2.75) is 114 Å². The van der Waals surface area contributed by atoms with Gasteiger partial charge in [-0.25, -0.2) is 4.98 Å². The summed E-state index contributed by atoms with van der Waals surface area (Å²) >= 11 is 0. The minimum Gasteiger partial charge on any atom is -0.469 e. The lowest BCUT2D eigenvalue weighted by Crippen LogP contribution is -2.50. The second-order valence-electron chi connectivity index (χ2n) is 12.3. The normalized spacial score (nSPS) is 27.8. The Morgan fingerprint density at radius 2 is 1.53 bits per heavy atom. The summed E-state index contributed by atoms with van der Waals surface area (Å²) in [5.41, 5.74) is 1.96. The van der Waals surface area contributed by atoms with Gasteiger partial charge in [-0.05, 0) is 69.4 Å². The monoisotopic (exact) mass is 520 g/mol. The van der Waals surface area contributed by atoms with E-state index in [2.05, 4.69) is 26.5 Å². The highest BCUT2D eigenvalue weighted by Crippen LogP contribution is 2.44. The molecule has 1 unspecified atom stereocenters. The lowest BCUT2D eigenvalue weighted by atomic mass is 9.89. The van der Waals surface area contributed by atoms with Crippen LogP contribution in [0.3, 0.4) is 0 Å². The number of carbonyl (C=O) groups is 1. The van der Waals surface area contributed by atoms with Crippen LogP contribution in [-0.2, 0) is 9.53 Å². The van der Waals surface area contributed by atoms with Gasteiger partial charge in [-0.1, -0.05) is 44.2 Å². The first kappa shape index (κ1) is 25.8. The minimum absolute atomic E-state index is 0.0684. The largest absolute Gasteiger partial charge is 0.469 e. The molecule has 0 amide bonds. The van der Waals surface area contributed by atoms with Gasteiger partial charge >= 0.3 is 5.97 Å². The molecule has 4 fully saturated rings. The fraction of sp³-hybridized carbons (Fsp3) is 0.710. The molecule has 1 saturated carbocycles. The lowest BCUT2D eigenvalue weighted by molar-refractivity contribution is -0.141. The summed E-state index contributed by atoms with van der Waals surface area (Å²) < 4.78 is 7.00. The van der Waals surface area contributed by atoms with Crippen molar-refractivity contribution in [1.29, 1.82) is 0 Å². The molecule has 4 aliphatic rings. The van der Waals surface area contributed by atoms with E-state index in [0.29, 0.717) is 30.2 Å². The van der Waals surface area contributed by atoms with Gasteiger partial charge in [0.1, 0.15) is 0 Å². The summed E-state index contributed by atoms with van der Waals surface area (Å²) in [5.74, 6) is 0.764. The molecule has 7 nitrogen and oxygen atoms in total. The van der Waals surface area contributed by atoms with Crippen LogP contribution in [0.5, 0.6) is 0 Å². The summed E-state index contributed by atoms with van der Waals surface area (Å²) in [5, 5.41) is 0. The Morgan fingerprint density at radius 1 is 0.868 bits per heavy atom. The predicted octanol–water partition coefficient (Wildman–Crippen LogP) is 5.46. The molecule has 6 rings (SSSR count). The lowest BCUT2D eigenvalue weighted by Gasteiger charge is -2.45. The number of methoxy groups -OCH3 is 1. The van der Waals surface area contributed by atoms with Gasteiger partial charge in [0.2, 0.25) is 0 Å². The number of hydrogen-bond donors (Lipinski definition) is 0. The summed E-state index contributed by atoms with van der Waals surface area (Å²) in [4.78, 5) is 35.9. The Hall–Kier alpha value is -2.41. The van der Waals surface area contributed by atoms with Gasteiger partial charge in [-0.3, -0.25) is 14.5 Å². The second kappa shape index (κ2) is 11.4. The van der Waals surface area contributed by atoms with Crippen LogP contribution in [0.15, 0.2) is 29.1 Å². The third-order valence-corrected chi connectivity index (χ3v) is 10.0. The standard InChI is InChI=1S/C31H44N4O3/c1-38-29(36)19-22-15-17-33(18-16-22)30-31(37)35(28-12-8-7-11-27(28)32-30)26-20-24-13-14-25(21-26)34(24)23-9-5-3-2-4-6-10-23/h7-8,11-12,22-26H,2-6,9-10,13-21H2,1H3/t24-,25?,26+/m0/s1. The topological polar surface area (TPSA) is 67.7 Å². The Balaban J connectivity index is 1.25. The van der Waals surface area contributed by atoms with E-state index in [1.165, 1.54) is 64.9 Å². The third-order valence-electron chi connectivity index (χ3n) is 10.0. The van der Waals surface area contributed by atoms with Gasteiger partial charge in [-0.2, -0.15) is 0 Å². The Labute approximate surface area is 226 Å². The first-order valence-electron chi connectivity index (χ1n) is 15.2. The molecule has 206 valence electrons. The Bertz CT molecular complexity index is 1170. The highest BCUT2D eigenvalue weighted by molar-refractivity contribution is 5.76. The first-order chi connectivity index (χ1) is 18.6. The van der Waals surface area contributed by atoms with E-state index in [4.69, 9.17) is 9.72 Å². The number of anilines is 1. The molecule has 38 heavy (non-hydrogen) atoms. The summed E-state index contributed by atoms with van der Waals surface area (Å²) in [6.07, 6.45) is 16.6. The van der Waals surface area contributed by atoms with Crippen LogP contribution >= 0.6 is 0 Å². The number of benzene rings is 1. The molecule has 1 aromatic carbocycles. The molecular weight excluding hydrogens is 476 g/mol. The fourth-order valence-corrected chi connectivity index (χ4v) is 8.10. The van der Waals surface area contributed by atoms with Crippen molar-refractivity contribution >= 4 is 22.8 Å². The van der Waals surface area contributed by atoms with Crippen molar-refractivity contribution in [3.8, 4) is 0 Å². The molecule has 1 aliphatic carbocycles. The number of rotatable bonds is 5. The van der Waals surface area contributed by atoms with Crippen molar-refractivity contribution in [3.05, 3.63) is 34.6 Å². The number of aromatic nitrogens is 2. The number of esters is 1. The summed E-state index contributed by atoms with van der Waals surface area (Å²) in [7, 11) is 1.45. The SMILES string of the molecule is COC(=O)CC1CCN(c2nc3ccccc3n([C@H]3CC4CC[C@@H](C3)N4C3CCCCCCC3)c2=O)CC1. The van der Waals surface area contributed by atoms with Crippen LogP contribution < -0.4 is 10.5 Å². The van der Waals surface area contributed by atoms with Crippen LogP contribution in [0.2, 0.25) is 0 Å². The average Bonchev–Trinajstić information content (AvgIpc) is 3.17. The number of nitrogens with zero attached hydrogens (tertiary/aromatic N) is 4. The molecule has 3 aliphatic heterocycles. The first-order valence-corrected chi connectivity index (χ1v) is 15.2. The zero-order valence-corrected chi connectivity index (χ0v) is 23.0. The number of ether oxygens (including phenoxy) is 1. The maximum absolute atomic E-state index is 14.2. The average molecular weight is 521 g/mol. The Kier molecular flexibility index (Phi) is 7.73. The highest BCUT2D eigenvalue weighted by atomic mass is 16.5. The maximum Gasteiger partial charge on any atom is 0.305 e. The zero-order valence-electron chi connectivity index (χ0n) is 23.0. The van der Waals surface area contributed by atoms with Crippen LogP contribution in [-0.4, -0.2) is 58.7 Å². The number of hydrogen-bond acceptors (Lipinski definition) is 6. The van der Waals surface area contributed by atoms with Gasteiger partial charge in [-0.15, -0.1) is 0 Å². The second-order valence-corrected chi connectivity index (χ2v) is 12.3. The number of carbonyl (C=O) groups excluding carboxylic acids is 1. The maximum atomic E-state index is 14.2. The number of fused-ring (bicyclic) bond motifs is 3. The molecule has 0 spiro atoms. The molecule has 7 heteroatoms. The third kappa shape index (κ3) is 5.11. The molecule has 3 saturated heterocycles. The van der Waals surface area contributed by atoms with Gasteiger partial charge < -0.3 is 14.2 Å². The van der Waals surface area contributed by atoms with Crippen LogP contribution in [0, 0.1) is 5.92 Å². The summed E-state index contributed by atoms with van der Waals surface area (Å²) in [6.45, 7) is 1.52. The number of para-hydroxylation sites is 2. The Morgan fingerprint density at radius 3 is 2.21 bits per heavy atom. The van der Waals surface area contributed by atoms with E-state index in [0.717, 1.165) is 55.8 Å². The van der Waals surface area contributed by atoms with Crippen LogP contribution in [0.25, 0.3) is 11.0 Å². The van der Waals surface area contributed by atoms with E-state index in [9.17, 15) is 9.59 Å². The van der Waals surface area contributed by atoms with E-state index in [1.54, 1.807) is 0 Å². The van der Waals surface area contributed by atoms with E-state index >= 15 is 0 Å². The summed E-state index contributed by atoms with van der Waals surface area (Å²) in [6, 6.07) is 10.4. The quantitative estimate of drug-likeness (QED) is 0.488. The minimum atomic E-state index is -0.144. The van der Waals surface area contributed by atoms with Crippen LogP contribution in [0.1, 0.15) is 95.9 Å². The van der Waals surface area contributed by atoms with Crippen molar-refractivity contribution in [2.24, 2.45) is 5.92 Å². The molecule has 1 aromatic heterocycles. The van der Waals surface area contributed by atoms with Gasteiger partial charge in [0.05, 0.1) is 18.1 Å². The molecular formula is C31H44N4O3. The zero-order chi connectivity index (χ0) is 26.1. The van der Waals surface area contributed by atoms with E-state index < -0.39 is 0 Å². The van der Waals surface area contributed by atoms with E-state index in [1.807, 2.05) is 12.1 Å². The molecule has 0 radical (unpaired) electrons. The van der Waals surface area contributed by atoms with Gasteiger partial charge in [0, 0.05) is 43.7 Å². The fourth-order valence-electron chi connectivity index (χ4n) is 8.10. The van der Waals surface area contributed by atoms with Gasteiger partial charge in [0.15, 0.2) is 5.82 Å². The molecule has 3 atom stereocenters. The van der Waals surface area contributed by atoms with Crippen molar-refractivity contribution in [3.63, 3.8) is 0 Å². The van der Waals surface area contributed by atoms with E-state index in [-0.39, 0.29) is 17.6 Å². The van der Waals surface area contributed by atoms with Crippen molar-refractivity contribution < 1.29 is 9.53 Å².